The number of carbonyl (C=O) groups is 2. The molecule has 94 heavy (non-hydrogen) atoms. The molecule has 33 nitrogen and oxygen atoms in total. The minimum atomic E-state index is -4.94. The number of nitriles is 2. The van der Waals surface area contributed by atoms with Gasteiger partial charge in [-0.25, -0.2) is 4.98 Å². The summed E-state index contributed by atoms with van der Waals surface area (Å²) in [7, 11) is -23.2. The number of fused-ring (bicyclic) bond motifs is 3. The molecule has 496 valence electrons. The van der Waals surface area contributed by atoms with Crippen LogP contribution in [0.3, 0.4) is 0 Å². The average molecular weight is 1450 g/mol. The maximum atomic E-state index is 12.9. The molecule has 7 aromatic rings. The van der Waals surface area contributed by atoms with Gasteiger partial charge in [-0.2, -0.15) is 57.7 Å². The number of imidazole rings is 1. The molecule has 0 bridgehead atoms. The quantitative estimate of drug-likeness (QED) is 0.0103. The van der Waals surface area contributed by atoms with Crippen molar-refractivity contribution in [1.29, 1.82) is 10.5 Å². The number of hydrogen-bond acceptors (Lipinski definition) is 27. The number of thioether (sulfide) groups is 2. The molecule has 2 heterocycles. The first-order chi connectivity index (χ1) is 43.9. The fourth-order valence-corrected chi connectivity index (χ4v) is 14.0. The Hall–Kier alpha value is -8.49. The van der Waals surface area contributed by atoms with Gasteiger partial charge in [0.25, 0.3) is 50.6 Å². The normalized spacial score (nSPS) is 12.6. The first-order valence-electron chi connectivity index (χ1n) is 26.6. The Morgan fingerprint density at radius 2 is 1.09 bits per heavy atom. The number of nitrogens with zero attached hydrogens (tertiary/aromatic N) is 12. The highest BCUT2D eigenvalue weighted by molar-refractivity contribution is 7.99. The summed E-state index contributed by atoms with van der Waals surface area (Å²) < 4.78 is 175. The third-order valence-electron chi connectivity index (χ3n) is 12.7. The van der Waals surface area contributed by atoms with Crippen molar-refractivity contribution in [2.75, 3.05) is 46.0 Å². The standard InChI is InChI=1S/C53H51ClN14O19S7/c1-27-9-10-47(93(81,82)83)51-49(27)59-52-33(26-56)29(3)50(53(71)68(51)52)67-64-41-17-28(2)35(21-44(41)87-11-6-14-90(72,73)74)60-65-42-19-38(58-31(5)70)40(23-45(42)88-12-7-15-91(75,76)77)63-66-43-20-37(57-30(4)69)39(22-46(43)89-13-8-16-92(78,79)80)62-61-36-24-48(94(84,85)86)34(54)18-32(36)25-55/h9-10,17-24,71H,6-8,11-16H2,1-5H3,(H,57,69)(H,58,70)(H,72,73,74)(H,75,76,77)(H,78,79,80)(H,81,82,83)(H,84,85,86). The SMILES string of the molecule is CC(=O)Nc1cc(N=Nc2cc(SCCCS(=O)(=O)O)c(N=Nc3cc(OCCCS(=O)(=O)O)c(N=Nc4c(C)c(C#N)c5nc6c(C)ccc(S(=O)(=O)O)c6n5c4O)cc3C)cc2NC(C)=O)c(SCCCS(=O)(=O)O)cc1N=Nc1cc(S(=O)(=O)O)c(Cl)cc1C#N. The zero-order valence-corrected chi connectivity index (χ0v) is 55.7. The molecule has 0 unspecified atom stereocenters. The van der Waals surface area contributed by atoms with Crippen molar-refractivity contribution in [2.45, 2.75) is 73.5 Å². The highest BCUT2D eigenvalue weighted by Crippen LogP contribution is 2.46. The predicted molar refractivity (Wildman–Crippen MR) is 344 cm³/mol. The number of aromatic nitrogens is 2. The van der Waals surface area contributed by atoms with E-state index in [0.717, 1.165) is 60.0 Å². The minimum Gasteiger partial charge on any atom is -0.493 e. The van der Waals surface area contributed by atoms with Gasteiger partial charge in [0.15, 0.2) is 11.3 Å². The van der Waals surface area contributed by atoms with Gasteiger partial charge in [0.05, 0.1) is 62.5 Å². The van der Waals surface area contributed by atoms with Crippen LogP contribution in [-0.4, -0.2) is 127 Å². The predicted octanol–water partition coefficient (Wildman–Crippen LogP) is 12.0. The molecule has 0 atom stereocenters. The van der Waals surface area contributed by atoms with Gasteiger partial charge in [-0.05, 0) is 111 Å². The second-order valence-electron chi connectivity index (χ2n) is 19.9. The number of anilines is 2. The molecule has 0 aliphatic carbocycles. The number of halogens is 1. The average Bonchev–Trinajstić information content (AvgIpc) is 1.56. The Labute approximate surface area is 549 Å². The van der Waals surface area contributed by atoms with E-state index in [2.05, 4.69) is 56.5 Å². The Balaban J connectivity index is 1.36. The molecule has 0 aliphatic heterocycles. The van der Waals surface area contributed by atoms with Crippen molar-refractivity contribution in [2.24, 2.45) is 40.9 Å². The molecule has 2 amide bonds. The fraction of sp³-hybridized carbons (Fsp3) is 0.264. The maximum Gasteiger partial charge on any atom is 0.296 e. The third-order valence-corrected chi connectivity index (χ3v) is 19.6. The zero-order chi connectivity index (χ0) is 69.4. The van der Waals surface area contributed by atoms with Crippen LogP contribution in [0.25, 0.3) is 16.7 Å². The van der Waals surface area contributed by atoms with Gasteiger partial charge in [-0.15, -0.1) is 59.3 Å². The molecule has 7 rings (SSSR count). The molecular formula is C53H51ClN14O19S7. The van der Waals surface area contributed by atoms with E-state index in [1.54, 1.807) is 19.9 Å². The van der Waals surface area contributed by atoms with E-state index < -0.39 is 100 Å². The lowest BCUT2D eigenvalue weighted by Crippen LogP contribution is -2.08. The van der Waals surface area contributed by atoms with Crippen LogP contribution in [0.1, 0.15) is 60.9 Å². The number of benzene rings is 5. The number of nitrogens with one attached hydrogen (secondary N) is 2. The van der Waals surface area contributed by atoms with Gasteiger partial charge >= 0.3 is 0 Å². The summed E-state index contributed by atoms with van der Waals surface area (Å²) >= 11 is 7.96. The van der Waals surface area contributed by atoms with Gasteiger partial charge in [-0.3, -0.25) is 36.8 Å². The summed E-state index contributed by atoms with van der Waals surface area (Å²) in [6.07, 6.45) is -0.494. The van der Waals surface area contributed by atoms with E-state index >= 15 is 0 Å². The van der Waals surface area contributed by atoms with Gasteiger partial charge in [0, 0.05) is 35.3 Å². The smallest absolute Gasteiger partial charge is 0.296 e. The number of azo groups is 4. The Kier molecular flexibility index (Phi) is 23.2. The Bertz CT molecular complexity index is 5080. The van der Waals surface area contributed by atoms with E-state index in [1.165, 1.54) is 49.4 Å². The lowest BCUT2D eigenvalue weighted by Gasteiger charge is -2.13. The summed E-state index contributed by atoms with van der Waals surface area (Å²) in [5.41, 5.74) is -1.43. The topological polar surface area (TPSA) is 523 Å². The number of ether oxygens (including phenoxy) is 1. The first-order valence-corrected chi connectivity index (χ1v) is 36.6. The molecule has 8 N–H and O–H groups in total. The number of pyridine rings is 1. The number of amides is 2. The highest BCUT2D eigenvalue weighted by atomic mass is 35.5. The fourth-order valence-electron chi connectivity index (χ4n) is 8.50. The summed E-state index contributed by atoms with van der Waals surface area (Å²) in [4.78, 5) is 28.8. The van der Waals surface area contributed by atoms with Crippen molar-refractivity contribution in [1.82, 2.24) is 9.38 Å². The monoisotopic (exact) mass is 1450 g/mol. The van der Waals surface area contributed by atoms with Crippen molar-refractivity contribution in [3.8, 4) is 23.8 Å². The molecular weight excluding hydrogens is 1400 g/mol. The number of rotatable bonds is 27. The number of carbonyl (C=O) groups excluding carboxylic acids is 2. The van der Waals surface area contributed by atoms with E-state index in [4.69, 9.17) is 16.3 Å². The Morgan fingerprint density at radius 1 is 0.596 bits per heavy atom. The van der Waals surface area contributed by atoms with Gasteiger partial charge in [-0.1, -0.05) is 17.7 Å². The van der Waals surface area contributed by atoms with E-state index in [-0.39, 0.29) is 143 Å². The Morgan fingerprint density at radius 3 is 1.57 bits per heavy atom. The number of hydrogen-bond donors (Lipinski definition) is 8. The summed E-state index contributed by atoms with van der Waals surface area (Å²) in [6, 6.07) is 15.9. The summed E-state index contributed by atoms with van der Waals surface area (Å²) in [6.45, 7) is 6.46. The van der Waals surface area contributed by atoms with Crippen LogP contribution >= 0.6 is 35.1 Å². The van der Waals surface area contributed by atoms with Crippen LogP contribution in [0.15, 0.2) is 121 Å². The van der Waals surface area contributed by atoms with Crippen LogP contribution < -0.4 is 15.4 Å². The largest absolute Gasteiger partial charge is 0.493 e. The van der Waals surface area contributed by atoms with Crippen molar-refractivity contribution in [3.63, 3.8) is 0 Å². The second-order valence-corrected chi connectivity index (χ2v) is 30.1. The lowest BCUT2D eigenvalue weighted by atomic mass is 10.1. The van der Waals surface area contributed by atoms with Crippen molar-refractivity contribution < 1.29 is 84.3 Å². The number of aromatic hydroxyl groups is 1. The molecule has 2 aromatic heterocycles. The van der Waals surface area contributed by atoms with Gasteiger partial charge < -0.3 is 20.5 Å². The summed E-state index contributed by atoms with van der Waals surface area (Å²) in [5, 5.41) is 71.0. The molecule has 0 spiro atoms. The summed E-state index contributed by atoms with van der Waals surface area (Å²) in [5.74, 6) is -4.27. The maximum absolute atomic E-state index is 12.9. The van der Waals surface area contributed by atoms with Gasteiger partial charge in [0.2, 0.25) is 17.7 Å². The van der Waals surface area contributed by atoms with Crippen LogP contribution in [0.4, 0.5) is 56.9 Å². The minimum absolute atomic E-state index is 0.00165. The zero-order valence-electron chi connectivity index (χ0n) is 49.2. The second kappa shape index (κ2) is 29.9. The molecule has 0 fully saturated rings. The van der Waals surface area contributed by atoms with Crippen LogP contribution in [0, 0.1) is 43.4 Å². The van der Waals surface area contributed by atoms with Crippen LogP contribution in [-0.2, 0) is 60.2 Å². The molecule has 41 heteroatoms. The highest BCUT2D eigenvalue weighted by Gasteiger charge is 2.27. The molecule has 5 aromatic carbocycles. The van der Waals surface area contributed by atoms with Crippen molar-refractivity contribution in [3.05, 3.63) is 93.5 Å². The van der Waals surface area contributed by atoms with E-state index in [9.17, 15) is 90.1 Å². The van der Waals surface area contributed by atoms with Crippen LogP contribution in [0.5, 0.6) is 11.6 Å². The third kappa shape index (κ3) is 19.1. The van der Waals surface area contributed by atoms with E-state index in [0.29, 0.717) is 11.1 Å². The van der Waals surface area contributed by atoms with Crippen LogP contribution in [0.2, 0.25) is 5.02 Å². The van der Waals surface area contributed by atoms with E-state index in [1.807, 2.05) is 6.07 Å². The van der Waals surface area contributed by atoms with Crippen molar-refractivity contribution >= 4 is 171 Å². The number of aryl methyl sites for hydroxylation is 2. The molecule has 0 saturated carbocycles. The molecule has 0 saturated heterocycles. The first kappa shape index (κ1) is 72.9. The lowest BCUT2D eigenvalue weighted by molar-refractivity contribution is -0.115. The molecule has 0 radical (unpaired) electrons. The van der Waals surface area contributed by atoms with Gasteiger partial charge in [0.1, 0.15) is 67.4 Å². The molecule has 0 aliphatic rings.